The van der Waals surface area contributed by atoms with Gasteiger partial charge in [-0.15, -0.1) is 0 Å². The average Bonchev–Trinajstić information content (AvgIpc) is 2.20. The lowest BCUT2D eigenvalue weighted by atomic mass is 10.0. The van der Waals surface area contributed by atoms with Crippen molar-refractivity contribution in [2.45, 2.75) is 19.8 Å². The molecule has 1 aromatic heterocycles. The van der Waals surface area contributed by atoms with Crippen LogP contribution in [0.1, 0.15) is 24.1 Å². The lowest BCUT2D eigenvalue weighted by Gasteiger charge is -2.12. The Morgan fingerprint density at radius 2 is 2.29 bits per heavy atom. The summed E-state index contributed by atoms with van der Waals surface area (Å²) < 4.78 is 0. The number of aromatic nitrogens is 1. The Balaban J connectivity index is 2.32. The third-order valence-electron chi connectivity index (χ3n) is 2.22. The maximum absolute atomic E-state index is 10.9. The Morgan fingerprint density at radius 3 is 2.93 bits per heavy atom. The molecule has 4 heteroatoms. The van der Waals surface area contributed by atoms with Crippen LogP contribution in [0.5, 0.6) is 0 Å². The van der Waals surface area contributed by atoms with Gasteiger partial charge in [0, 0.05) is 30.3 Å². The molecule has 0 saturated heterocycles. The molecule has 14 heavy (non-hydrogen) atoms. The number of hydrogen-bond donors (Lipinski definition) is 1. The largest absolute Gasteiger partial charge is 0.273 e. The summed E-state index contributed by atoms with van der Waals surface area (Å²) in [5.74, 6) is -0.0182. The predicted octanol–water partition coefficient (Wildman–Crippen LogP) is 1.00. The molecular weight excluding hydrogens is 178 g/mol. The summed E-state index contributed by atoms with van der Waals surface area (Å²) in [5, 5.41) is 4.02. The van der Waals surface area contributed by atoms with E-state index in [2.05, 4.69) is 15.5 Å². The molecule has 1 amide bonds. The van der Waals surface area contributed by atoms with Crippen LogP contribution in [0.4, 0.5) is 0 Å². The first-order valence-electron chi connectivity index (χ1n) is 4.55. The molecule has 0 bridgehead atoms. The highest BCUT2D eigenvalue weighted by Crippen LogP contribution is 2.11. The van der Waals surface area contributed by atoms with Crippen molar-refractivity contribution in [3.8, 4) is 0 Å². The van der Waals surface area contributed by atoms with Crippen LogP contribution in [-0.2, 0) is 4.79 Å². The fourth-order valence-electron chi connectivity index (χ4n) is 1.46. The quantitative estimate of drug-likeness (QED) is 0.716. The number of hydrazone groups is 1. The molecule has 0 unspecified atom stereocenters. The molecule has 0 fully saturated rings. The van der Waals surface area contributed by atoms with Gasteiger partial charge in [-0.1, -0.05) is 0 Å². The van der Waals surface area contributed by atoms with Crippen LogP contribution in [-0.4, -0.2) is 16.6 Å². The Morgan fingerprint density at radius 1 is 1.43 bits per heavy atom. The highest BCUT2D eigenvalue weighted by Gasteiger charge is 2.14. The van der Waals surface area contributed by atoms with Gasteiger partial charge in [-0.05, 0) is 19.1 Å². The van der Waals surface area contributed by atoms with Gasteiger partial charge in [0.1, 0.15) is 0 Å². The Bertz CT molecular complexity index is 398. The van der Waals surface area contributed by atoms with Gasteiger partial charge in [-0.3, -0.25) is 9.78 Å². The van der Waals surface area contributed by atoms with E-state index < -0.39 is 0 Å². The van der Waals surface area contributed by atoms with Gasteiger partial charge in [0.2, 0.25) is 5.91 Å². The molecule has 0 spiro atoms. The Labute approximate surface area is 82.0 Å². The average molecular weight is 189 g/mol. The van der Waals surface area contributed by atoms with Crippen molar-refractivity contribution in [3.05, 3.63) is 29.6 Å². The van der Waals surface area contributed by atoms with Crippen LogP contribution in [0, 0.1) is 6.92 Å². The first-order valence-corrected chi connectivity index (χ1v) is 4.55. The molecular formula is C10H11N3O. The van der Waals surface area contributed by atoms with Crippen molar-refractivity contribution in [2.75, 3.05) is 0 Å². The molecule has 0 radical (unpaired) electrons. The van der Waals surface area contributed by atoms with Crippen molar-refractivity contribution in [1.82, 2.24) is 10.4 Å². The van der Waals surface area contributed by atoms with Crippen LogP contribution in [0.3, 0.4) is 0 Å². The molecule has 2 heterocycles. The number of nitrogens with zero attached hydrogens (tertiary/aromatic N) is 2. The van der Waals surface area contributed by atoms with E-state index in [4.69, 9.17) is 0 Å². The summed E-state index contributed by atoms with van der Waals surface area (Å²) in [5.41, 5.74) is 5.36. The van der Waals surface area contributed by atoms with Crippen LogP contribution < -0.4 is 5.43 Å². The molecule has 1 N–H and O–H groups in total. The first kappa shape index (κ1) is 8.87. The normalized spacial score (nSPS) is 16.1. The number of pyridine rings is 1. The number of amides is 1. The monoisotopic (exact) mass is 189 g/mol. The van der Waals surface area contributed by atoms with E-state index in [-0.39, 0.29) is 5.91 Å². The smallest absolute Gasteiger partial charge is 0.240 e. The van der Waals surface area contributed by atoms with Gasteiger partial charge < -0.3 is 0 Å². The van der Waals surface area contributed by atoms with Crippen LogP contribution in [0.2, 0.25) is 0 Å². The third kappa shape index (κ3) is 1.64. The third-order valence-corrected chi connectivity index (χ3v) is 2.22. The second kappa shape index (κ2) is 3.57. The van der Waals surface area contributed by atoms with Crippen molar-refractivity contribution in [1.29, 1.82) is 0 Å². The van der Waals surface area contributed by atoms with E-state index in [1.807, 2.05) is 19.1 Å². The summed E-state index contributed by atoms with van der Waals surface area (Å²) in [6.45, 7) is 1.94. The molecule has 1 aliphatic rings. The van der Waals surface area contributed by atoms with Crippen LogP contribution in [0.15, 0.2) is 23.4 Å². The molecule has 0 saturated carbocycles. The minimum absolute atomic E-state index is 0.0182. The summed E-state index contributed by atoms with van der Waals surface area (Å²) in [6.07, 6.45) is 2.95. The second-order valence-corrected chi connectivity index (χ2v) is 3.23. The number of aryl methyl sites for hydroxylation is 1. The van der Waals surface area contributed by atoms with Crippen molar-refractivity contribution in [2.24, 2.45) is 5.10 Å². The number of carbonyl (C=O) groups is 1. The fourth-order valence-corrected chi connectivity index (χ4v) is 1.46. The van der Waals surface area contributed by atoms with E-state index in [1.54, 1.807) is 6.20 Å². The minimum Gasteiger partial charge on any atom is -0.273 e. The second-order valence-electron chi connectivity index (χ2n) is 3.23. The van der Waals surface area contributed by atoms with Gasteiger partial charge in [0.05, 0.1) is 5.71 Å². The lowest BCUT2D eigenvalue weighted by Crippen LogP contribution is -2.26. The van der Waals surface area contributed by atoms with Gasteiger partial charge in [0.15, 0.2) is 0 Å². The van der Waals surface area contributed by atoms with Crippen LogP contribution >= 0.6 is 0 Å². The molecule has 1 aromatic rings. The molecule has 0 aromatic carbocycles. The molecule has 72 valence electrons. The Kier molecular flexibility index (Phi) is 2.26. The van der Waals surface area contributed by atoms with Gasteiger partial charge in [-0.25, -0.2) is 5.43 Å². The predicted molar refractivity (Wildman–Crippen MR) is 52.9 cm³/mol. The van der Waals surface area contributed by atoms with Crippen molar-refractivity contribution in [3.63, 3.8) is 0 Å². The summed E-state index contributed by atoms with van der Waals surface area (Å²) in [6, 6.07) is 3.85. The number of carbonyl (C=O) groups excluding carboxylic acids is 1. The first-order chi connectivity index (χ1) is 6.77. The zero-order chi connectivity index (χ0) is 9.97. The summed E-state index contributed by atoms with van der Waals surface area (Å²) in [7, 11) is 0. The van der Waals surface area contributed by atoms with Crippen molar-refractivity contribution >= 4 is 11.6 Å². The van der Waals surface area contributed by atoms with Crippen molar-refractivity contribution < 1.29 is 4.79 Å². The molecule has 0 aliphatic carbocycles. The molecule has 2 rings (SSSR count). The van der Waals surface area contributed by atoms with E-state index in [9.17, 15) is 4.79 Å². The standard InChI is InChI=1S/C10H11N3O/c1-7-8(3-2-6-11-7)9-4-5-10(14)13-12-9/h2-3,6H,4-5H2,1H3,(H,13,14). The molecule has 0 atom stereocenters. The topological polar surface area (TPSA) is 54.4 Å². The number of nitrogens with one attached hydrogen (secondary N) is 1. The fraction of sp³-hybridized carbons (Fsp3) is 0.300. The highest BCUT2D eigenvalue weighted by atomic mass is 16.2. The lowest BCUT2D eigenvalue weighted by molar-refractivity contribution is -0.121. The number of hydrogen-bond acceptors (Lipinski definition) is 3. The number of rotatable bonds is 1. The highest BCUT2D eigenvalue weighted by molar-refractivity contribution is 6.04. The van der Waals surface area contributed by atoms with E-state index in [0.717, 1.165) is 17.0 Å². The van der Waals surface area contributed by atoms with Crippen LogP contribution in [0.25, 0.3) is 0 Å². The maximum Gasteiger partial charge on any atom is 0.240 e. The van der Waals surface area contributed by atoms with Gasteiger partial charge in [0.25, 0.3) is 0 Å². The van der Waals surface area contributed by atoms with Gasteiger partial charge >= 0.3 is 0 Å². The van der Waals surface area contributed by atoms with E-state index >= 15 is 0 Å². The summed E-state index contributed by atoms with van der Waals surface area (Å²) in [4.78, 5) is 15.1. The molecule has 4 nitrogen and oxygen atoms in total. The SMILES string of the molecule is Cc1ncccc1C1=NNC(=O)CC1. The zero-order valence-electron chi connectivity index (χ0n) is 7.95. The minimum atomic E-state index is -0.0182. The summed E-state index contributed by atoms with van der Waals surface area (Å²) >= 11 is 0. The van der Waals surface area contributed by atoms with E-state index in [0.29, 0.717) is 12.8 Å². The molecule has 1 aliphatic heterocycles. The zero-order valence-corrected chi connectivity index (χ0v) is 7.95. The maximum atomic E-state index is 10.9. The Hall–Kier alpha value is -1.71. The van der Waals surface area contributed by atoms with Gasteiger partial charge in [-0.2, -0.15) is 5.10 Å². The van der Waals surface area contributed by atoms with E-state index in [1.165, 1.54) is 0 Å².